The molecule has 0 radical (unpaired) electrons. The van der Waals surface area contributed by atoms with Gasteiger partial charge in [0.05, 0.1) is 12.2 Å². The predicted molar refractivity (Wildman–Crippen MR) is 61.2 cm³/mol. The molecule has 16 heavy (non-hydrogen) atoms. The van der Waals surface area contributed by atoms with Gasteiger partial charge in [-0.15, -0.1) is 0 Å². The molecular formula is C12H24O4. The largest absolute Gasteiger partial charge is 0.349 e. The normalized spacial score (nSPS) is 44.6. The summed E-state index contributed by atoms with van der Waals surface area (Å²) in [6.07, 6.45) is 1.91. The third-order valence-electron chi connectivity index (χ3n) is 3.58. The smallest absolute Gasteiger partial charge is 0.220 e. The van der Waals surface area contributed by atoms with Crippen molar-refractivity contribution in [2.24, 2.45) is 0 Å². The van der Waals surface area contributed by atoms with E-state index in [1.54, 1.807) is 14.2 Å². The van der Waals surface area contributed by atoms with Gasteiger partial charge in [-0.2, -0.15) is 0 Å². The first-order chi connectivity index (χ1) is 7.46. The number of rotatable bonds is 4. The van der Waals surface area contributed by atoms with Crippen molar-refractivity contribution in [3.8, 4) is 0 Å². The minimum absolute atomic E-state index is 0.0539. The van der Waals surface area contributed by atoms with Crippen LogP contribution in [0, 0.1) is 0 Å². The summed E-state index contributed by atoms with van der Waals surface area (Å²) in [6, 6.07) is 0. The first-order valence-corrected chi connectivity index (χ1v) is 5.92. The second-order valence-corrected chi connectivity index (χ2v) is 4.43. The molecule has 0 aliphatic carbocycles. The summed E-state index contributed by atoms with van der Waals surface area (Å²) in [7, 11) is 3.22. The van der Waals surface area contributed by atoms with Crippen molar-refractivity contribution in [1.82, 2.24) is 0 Å². The van der Waals surface area contributed by atoms with Crippen molar-refractivity contribution >= 4 is 0 Å². The van der Waals surface area contributed by atoms with Crippen molar-refractivity contribution in [2.75, 3.05) is 14.2 Å². The Morgan fingerprint density at radius 2 is 1.19 bits per heavy atom. The monoisotopic (exact) mass is 232 g/mol. The van der Waals surface area contributed by atoms with E-state index < -0.39 is 11.6 Å². The Hall–Kier alpha value is -0.160. The van der Waals surface area contributed by atoms with Crippen LogP contribution in [-0.4, -0.2) is 38.0 Å². The molecule has 1 fully saturated rings. The molecule has 0 spiro atoms. The third-order valence-corrected chi connectivity index (χ3v) is 3.58. The van der Waals surface area contributed by atoms with E-state index in [1.807, 2.05) is 13.8 Å². The molecular weight excluding hydrogens is 208 g/mol. The Balaban J connectivity index is 2.94. The van der Waals surface area contributed by atoms with Gasteiger partial charge in [0.1, 0.15) is 0 Å². The lowest BCUT2D eigenvalue weighted by Gasteiger charge is -2.52. The van der Waals surface area contributed by atoms with E-state index in [0.717, 1.165) is 12.8 Å². The molecule has 1 saturated heterocycles. The van der Waals surface area contributed by atoms with E-state index in [0.29, 0.717) is 0 Å². The highest BCUT2D eigenvalue weighted by molar-refractivity contribution is 4.90. The van der Waals surface area contributed by atoms with Crippen LogP contribution in [0.4, 0.5) is 0 Å². The quantitative estimate of drug-likeness (QED) is 0.745. The van der Waals surface area contributed by atoms with Gasteiger partial charge in [-0.1, -0.05) is 13.8 Å². The molecule has 0 aromatic heterocycles. The molecule has 1 aliphatic rings. The molecule has 1 rings (SSSR count). The SMILES string of the molecule is CC[C@H]1O[C@@](C)(OC)[C@](C)(OC)O[C@@H]1CC. The van der Waals surface area contributed by atoms with Crippen LogP contribution in [0.3, 0.4) is 0 Å². The Labute approximate surface area is 98.2 Å². The fourth-order valence-electron chi connectivity index (χ4n) is 2.10. The molecule has 4 atom stereocenters. The van der Waals surface area contributed by atoms with Crippen molar-refractivity contribution in [2.45, 2.75) is 64.3 Å². The summed E-state index contributed by atoms with van der Waals surface area (Å²) in [4.78, 5) is 0. The fourth-order valence-corrected chi connectivity index (χ4v) is 2.10. The van der Waals surface area contributed by atoms with Crippen LogP contribution in [0.15, 0.2) is 0 Å². The molecule has 0 bridgehead atoms. The van der Waals surface area contributed by atoms with Crippen LogP contribution in [-0.2, 0) is 18.9 Å². The number of hydrogen-bond donors (Lipinski definition) is 0. The zero-order valence-electron chi connectivity index (χ0n) is 11.2. The molecule has 0 saturated carbocycles. The topological polar surface area (TPSA) is 36.9 Å². The van der Waals surface area contributed by atoms with Gasteiger partial charge in [-0.25, -0.2) is 0 Å². The van der Waals surface area contributed by atoms with Gasteiger partial charge in [0.25, 0.3) is 0 Å². The average molecular weight is 232 g/mol. The van der Waals surface area contributed by atoms with Crippen LogP contribution in [0.1, 0.15) is 40.5 Å². The van der Waals surface area contributed by atoms with Gasteiger partial charge in [0.15, 0.2) is 0 Å². The van der Waals surface area contributed by atoms with E-state index >= 15 is 0 Å². The molecule has 96 valence electrons. The number of hydrogen-bond acceptors (Lipinski definition) is 4. The lowest BCUT2D eigenvalue weighted by molar-refractivity contribution is -0.448. The number of ether oxygens (including phenoxy) is 4. The van der Waals surface area contributed by atoms with E-state index in [1.165, 1.54) is 0 Å². The Bertz CT molecular complexity index is 209. The minimum atomic E-state index is -0.867. The highest BCUT2D eigenvalue weighted by atomic mass is 16.8. The van der Waals surface area contributed by atoms with Crippen molar-refractivity contribution in [1.29, 1.82) is 0 Å². The standard InChI is InChI=1S/C12H24O4/c1-7-9-10(8-2)16-12(4,14-6)11(3,13-5)15-9/h9-10H,7-8H2,1-6H3/t9-,10-,11-,12-/m1/s1. The lowest BCUT2D eigenvalue weighted by Crippen LogP contribution is -2.65. The Morgan fingerprint density at radius 1 is 0.875 bits per heavy atom. The van der Waals surface area contributed by atoms with Gasteiger partial charge < -0.3 is 18.9 Å². The summed E-state index contributed by atoms with van der Waals surface area (Å²) in [5.74, 6) is -1.73. The Morgan fingerprint density at radius 3 is 1.38 bits per heavy atom. The lowest BCUT2D eigenvalue weighted by atomic mass is 10.0. The molecule has 4 nitrogen and oxygen atoms in total. The molecule has 1 aliphatic heterocycles. The van der Waals surface area contributed by atoms with E-state index in [9.17, 15) is 0 Å². The van der Waals surface area contributed by atoms with Crippen molar-refractivity contribution in [3.63, 3.8) is 0 Å². The first-order valence-electron chi connectivity index (χ1n) is 5.92. The average Bonchev–Trinajstić information content (AvgIpc) is 2.31. The summed E-state index contributed by atoms with van der Waals surface area (Å²) >= 11 is 0. The zero-order valence-corrected chi connectivity index (χ0v) is 11.2. The maximum Gasteiger partial charge on any atom is 0.220 e. The third kappa shape index (κ3) is 2.12. The zero-order chi connectivity index (χ0) is 12.4. The van der Waals surface area contributed by atoms with Crippen LogP contribution in [0.5, 0.6) is 0 Å². The molecule has 0 amide bonds. The molecule has 0 unspecified atom stereocenters. The van der Waals surface area contributed by atoms with Crippen LogP contribution < -0.4 is 0 Å². The summed E-state index contributed by atoms with van der Waals surface area (Å²) in [5.41, 5.74) is 0. The summed E-state index contributed by atoms with van der Waals surface area (Å²) in [6.45, 7) is 7.88. The van der Waals surface area contributed by atoms with E-state index in [2.05, 4.69) is 13.8 Å². The molecule has 0 N–H and O–H groups in total. The van der Waals surface area contributed by atoms with Crippen molar-refractivity contribution in [3.05, 3.63) is 0 Å². The Kier molecular flexibility index (Phi) is 4.35. The van der Waals surface area contributed by atoms with Crippen LogP contribution in [0.2, 0.25) is 0 Å². The fraction of sp³-hybridized carbons (Fsp3) is 1.00. The predicted octanol–water partition coefficient (Wildman–Crippen LogP) is 2.32. The maximum absolute atomic E-state index is 6.01. The summed E-state index contributed by atoms with van der Waals surface area (Å²) in [5, 5.41) is 0. The van der Waals surface area contributed by atoms with Gasteiger partial charge in [-0.05, 0) is 26.7 Å². The van der Waals surface area contributed by atoms with Gasteiger partial charge >= 0.3 is 0 Å². The minimum Gasteiger partial charge on any atom is -0.349 e. The molecule has 4 heteroatoms. The van der Waals surface area contributed by atoms with Gasteiger partial charge in [0, 0.05) is 14.2 Å². The maximum atomic E-state index is 6.01. The number of methoxy groups -OCH3 is 2. The van der Waals surface area contributed by atoms with E-state index in [-0.39, 0.29) is 12.2 Å². The highest BCUT2D eigenvalue weighted by Gasteiger charge is 2.55. The van der Waals surface area contributed by atoms with Crippen LogP contribution >= 0.6 is 0 Å². The molecule has 0 aromatic rings. The second-order valence-electron chi connectivity index (χ2n) is 4.43. The summed E-state index contributed by atoms with van der Waals surface area (Å²) < 4.78 is 22.9. The van der Waals surface area contributed by atoms with Crippen LogP contribution in [0.25, 0.3) is 0 Å². The highest BCUT2D eigenvalue weighted by Crippen LogP contribution is 2.40. The van der Waals surface area contributed by atoms with Gasteiger partial charge in [-0.3, -0.25) is 0 Å². The van der Waals surface area contributed by atoms with Crippen molar-refractivity contribution < 1.29 is 18.9 Å². The van der Waals surface area contributed by atoms with Gasteiger partial charge in [0.2, 0.25) is 11.6 Å². The molecule has 0 aromatic carbocycles. The second kappa shape index (κ2) is 5.00. The van der Waals surface area contributed by atoms with E-state index in [4.69, 9.17) is 18.9 Å². The first kappa shape index (κ1) is 13.9. The molecule has 1 heterocycles.